The number of hydrogen-bond acceptors (Lipinski definition) is 3. The molecule has 2 rings (SSSR count). The average Bonchev–Trinajstić information content (AvgIpc) is 2.48. The third-order valence-electron chi connectivity index (χ3n) is 2.97. The normalized spacial score (nSPS) is 10.2. The number of ether oxygens (including phenoxy) is 1. The van der Waals surface area contributed by atoms with Crippen LogP contribution in [0.3, 0.4) is 0 Å². The molecular weight excluding hydrogens is 288 g/mol. The summed E-state index contributed by atoms with van der Waals surface area (Å²) in [5.74, 6) is 0.402. The number of nitrogens with one attached hydrogen (secondary N) is 1. The van der Waals surface area contributed by atoms with Gasteiger partial charge in [0.25, 0.3) is 5.91 Å². The molecule has 0 atom stereocenters. The van der Waals surface area contributed by atoms with Crippen molar-refractivity contribution in [2.75, 3.05) is 11.9 Å². The molecule has 0 heterocycles. The minimum Gasteiger partial charge on any atom is -0.484 e. The van der Waals surface area contributed by atoms with Crippen LogP contribution in [-0.2, 0) is 11.3 Å². The van der Waals surface area contributed by atoms with Gasteiger partial charge in [0.15, 0.2) is 6.61 Å². The molecule has 2 aromatic rings. The zero-order chi connectivity index (χ0) is 15.2. The van der Waals surface area contributed by atoms with Crippen LogP contribution in [0.25, 0.3) is 0 Å². The Bertz CT molecular complexity index is 644. The second kappa shape index (κ2) is 7.11. The second-order valence-corrected chi connectivity index (χ2v) is 5.08. The monoisotopic (exact) mass is 304 g/mol. The highest BCUT2D eigenvalue weighted by atomic mass is 35.5. The van der Waals surface area contributed by atoms with E-state index >= 15 is 0 Å². The van der Waals surface area contributed by atoms with Crippen molar-refractivity contribution in [3.63, 3.8) is 0 Å². The summed E-state index contributed by atoms with van der Waals surface area (Å²) in [6.45, 7) is 2.26. The molecule has 110 valence electrons. The molecule has 5 heteroatoms. The molecule has 0 saturated heterocycles. The van der Waals surface area contributed by atoms with Gasteiger partial charge >= 0.3 is 0 Å². The zero-order valence-electron chi connectivity index (χ0n) is 11.7. The number of amides is 1. The van der Waals surface area contributed by atoms with Gasteiger partial charge in [-0.3, -0.25) is 4.79 Å². The molecule has 0 saturated carbocycles. The van der Waals surface area contributed by atoms with Crippen LogP contribution in [0, 0.1) is 6.92 Å². The number of halogens is 1. The van der Waals surface area contributed by atoms with Gasteiger partial charge in [0, 0.05) is 17.3 Å². The third-order valence-corrected chi connectivity index (χ3v) is 3.20. The Morgan fingerprint density at radius 3 is 2.81 bits per heavy atom. The standard InChI is InChI=1S/C16H17ClN2O2/c1-11-7-13(17)5-6-15(11)19-16(20)10-21-14-4-2-3-12(8-14)9-18/h2-8H,9-10,18H2,1H3,(H,19,20). The van der Waals surface area contributed by atoms with Crippen LogP contribution < -0.4 is 15.8 Å². The number of nitrogens with two attached hydrogens (primary N) is 1. The Kier molecular flexibility index (Phi) is 5.20. The Hall–Kier alpha value is -2.04. The minimum absolute atomic E-state index is 0.0594. The maximum atomic E-state index is 11.9. The lowest BCUT2D eigenvalue weighted by Crippen LogP contribution is -2.20. The second-order valence-electron chi connectivity index (χ2n) is 4.65. The first-order chi connectivity index (χ1) is 10.1. The van der Waals surface area contributed by atoms with Gasteiger partial charge in [-0.2, -0.15) is 0 Å². The molecule has 0 aliphatic heterocycles. The lowest BCUT2D eigenvalue weighted by molar-refractivity contribution is -0.118. The molecule has 0 radical (unpaired) electrons. The van der Waals surface area contributed by atoms with Crippen molar-refractivity contribution in [2.24, 2.45) is 5.73 Å². The molecule has 0 aliphatic carbocycles. The summed E-state index contributed by atoms with van der Waals surface area (Å²) in [5.41, 5.74) is 8.15. The summed E-state index contributed by atoms with van der Waals surface area (Å²) in [6, 6.07) is 12.7. The van der Waals surface area contributed by atoms with Gasteiger partial charge in [-0.25, -0.2) is 0 Å². The van der Waals surface area contributed by atoms with Crippen LogP contribution in [0.1, 0.15) is 11.1 Å². The van der Waals surface area contributed by atoms with E-state index in [4.69, 9.17) is 22.1 Å². The van der Waals surface area contributed by atoms with Crippen LogP contribution in [0.4, 0.5) is 5.69 Å². The molecular formula is C16H17ClN2O2. The van der Waals surface area contributed by atoms with Crippen molar-refractivity contribution in [3.05, 3.63) is 58.6 Å². The highest BCUT2D eigenvalue weighted by Crippen LogP contribution is 2.19. The van der Waals surface area contributed by atoms with Crippen molar-refractivity contribution in [2.45, 2.75) is 13.5 Å². The predicted molar refractivity (Wildman–Crippen MR) is 84.6 cm³/mol. The minimum atomic E-state index is -0.224. The molecule has 0 spiro atoms. The Morgan fingerprint density at radius 1 is 1.29 bits per heavy atom. The van der Waals surface area contributed by atoms with Gasteiger partial charge in [-0.1, -0.05) is 23.7 Å². The highest BCUT2D eigenvalue weighted by molar-refractivity contribution is 6.30. The number of carbonyl (C=O) groups excluding carboxylic acids is 1. The van der Waals surface area contributed by atoms with Gasteiger partial charge in [-0.05, 0) is 48.4 Å². The summed E-state index contributed by atoms with van der Waals surface area (Å²) in [6.07, 6.45) is 0. The van der Waals surface area contributed by atoms with E-state index in [1.807, 2.05) is 25.1 Å². The van der Waals surface area contributed by atoms with E-state index in [0.717, 1.165) is 16.8 Å². The Morgan fingerprint density at radius 2 is 2.10 bits per heavy atom. The van der Waals surface area contributed by atoms with E-state index in [0.29, 0.717) is 17.3 Å². The van der Waals surface area contributed by atoms with Gasteiger partial charge in [0.1, 0.15) is 5.75 Å². The Balaban J connectivity index is 1.92. The fourth-order valence-electron chi connectivity index (χ4n) is 1.86. The summed E-state index contributed by atoms with van der Waals surface area (Å²) >= 11 is 5.88. The van der Waals surface area contributed by atoms with E-state index in [1.54, 1.807) is 24.3 Å². The fourth-order valence-corrected chi connectivity index (χ4v) is 2.09. The molecule has 4 nitrogen and oxygen atoms in total. The molecule has 0 aromatic heterocycles. The Labute approximate surface area is 128 Å². The molecule has 2 aromatic carbocycles. The smallest absolute Gasteiger partial charge is 0.262 e. The quantitative estimate of drug-likeness (QED) is 0.892. The van der Waals surface area contributed by atoms with Crippen molar-refractivity contribution < 1.29 is 9.53 Å². The predicted octanol–water partition coefficient (Wildman–Crippen LogP) is 3.12. The van der Waals surface area contributed by atoms with Crippen LogP contribution in [0.15, 0.2) is 42.5 Å². The maximum absolute atomic E-state index is 11.9. The molecule has 0 unspecified atom stereocenters. The van der Waals surface area contributed by atoms with Crippen LogP contribution in [0.2, 0.25) is 5.02 Å². The van der Waals surface area contributed by atoms with Crippen LogP contribution >= 0.6 is 11.6 Å². The summed E-state index contributed by atoms with van der Waals surface area (Å²) in [7, 11) is 0. The number of benzene rings is 2. The van der Waals surface area contributed by atoms with Crippen molar-refractivity contribution in [1.82, 2.24) is 0 Å². The van der Waals surface area contributed by atoms with E-state index < -0.39 is 0 Å². The van der Waals surface area contributed by atoms with E-state index in [2.05, 4.69) is 5.32 Å². The highest BCUT2D eigenvalue weighted by Gasteiger charge is 2.06. The van der Waals surface area contributed by atoms with Crippen molar-refractivity contribution in [3.8, 4) is 5.75 Å². The van der Waals surface area contributed by atoms with Gasteiger partial charge in [-0.15, -0.1) is 0 Å². The first-order valence-corrected chi connectivity index (χ1v) is 6.94. The molecule has 0 bridgehead atoms. The SMILES string of the molecule is Cc1cc(Cl)ccc1NC(=O)COc1cccc(CN)c1. The molecule has 0 fully saturated rings. The van der Waals surface area contributed by atoms with Gasteiger partial charge < -0.3 is 15.8 Å². The first-order valence-electron chi connectivity index (χ1n) is 6.56. The fraction of sp³-hybridized carbons (Fsp3) is 0.188. The number of rotatable bonds is 5. The number of anilines is 1. The van der Waals surface area contributed by atoms with Crippen molar-refractivity contribution in [1.29, 1.82) is 0 Å². The largest absolute Gasteiger partial charge is 0.484 e. The average molecular weight is 305 g/mol. The maximum Gasteiger partial charge on any atom is 0.262 e. The number of aryl methyl sites for hydroxylation is 1. The summed E-state index contributed by atoms with van der Waals surface area (Å²) in [4.78, 5) is 11.9. The topological polar surface area (TPSA) is 64.3 Å². The van der Waals surface area contributed by atoms with E-state index in [9.17, 15) is 4.79 Å². The lowest BCUT2D eigenvalue weighted by atomic mass is 10.2. The lowest BCUT2D eigenvalue weighted by Gasteiger charge is -2.10. The number of carbonyl (C=O) groups is 1. The van der Waals surface area contributed by atoms with E-state index in [1.165, 1.54) is 0 Å². The van der Waals surface area contributed by atoms with Crippen LogP contribution in [-0.4, -0.2) is 12.5 Å². The van der Waals surface area contributed by atoms with E-state index in [-0.39, 0.29) is 12.5 Å². The van der Waals surface area contributed by atoms with Gasteiger partial charge in [0.05, 0.1) is 0 Å². The molecule has 21 heavy (non-hydrogen) atoms. The first kappa shape index (κ1) is 15.4. The van der Waals surface area contributed by atoms with Crippen molar-refractivity contribution >= 4 is 23.2 Å². The number of hydrogen-bond donors (Lipinski definition) is 2. The van der Waals surface area contributed by atoms with Gasteiger partial charge in [0.2, 0.25) is 0 Å². The zero-order valence-corrected chi connectivity index (χ0v) is 12.5. The summed E-state index contributed by atoms with van der Waals surface area (Å²) < 4.78 is 5.45. The molecule has 1 amide bonds. The summed E-state index contributed by atoms with van der Waals surface area (Å²) in [5, 5.41) is 3.43. The molecule has 0 aliphatic rings. The molecule has 3 N–H and O–H groups in total. The van der Waals surface area contributed by atoms with Crippen LogP contribution in [0.5, 0.6) is 5.75 Å². The third kappa shape index (κ3) is 4.48.